The topological polar surface area (TPSA) is 23.4 Å². The Morgan fingerprint density at radius 2 is 1.03 bits per heavy atom. The normalized spacial score (nSPS) is 16.9. The van der Waals surface area contributed by atoms with E-state index in [2.05, 4.69) is 141 Å². The predicted molar refractivity (Wildman–Crippen MR) is 152 cm³/mol. The Kier molecular flexibility index (Phi) is 5.40. The Hall–Kier alpha value is -3.60. The summed E-state index contributed by atoms with van der Waals surface area (Å²) < 4.78 is 14.7. The molecule has 1 aliphatic heterocycles. The Labute approximate surface area is 213 Å². The highest BCUT2D eigenvalue weighted by molar-refractivity contribution is 6.62. The van der Waals surface area contributed by atoms with Gasteiger partial charge in [0.15, 0.2) is 0 Å². The molecule has 0 atom stereocenters. The molecule has 1 saturated heterocycles. The van der Waals surface area contributed by atoms with Gasteiger partial charge in [0.1, 0.15) is 0 Å². The molecule has 3 nitrogen and oxygen atoms in total. The Balaban J connectivity index is 1.22. The van der Waals surface area contributed by atoms with Crippen LogP contribution in [-0.4, -0.2) is 22.9 Å². The highest BCUT2D eigenvalue weighted by atomic mass is 16.7. The molecule has 0 N–H and O–H groups in total. The van der Waals surface area contributed by atoms with Gasteiger partial charge in [0, 0.05) is 16.5 Å². The molecule has 1 aromatic heterocycles. The van der Waals surface area contributed by atoms with Gasteiger partial charge >= 0.3 is 7.12 Å². The first kappa shape index (κ1) is 22.8. The molecule has 1 fully saturated rings. The molecule has 2 heterocycles. The molecule has 4 heteroatoms. The second-order valence-corrected chi connectivity index (χ2v) is 10.5. The molecule has 0 saturated carbocycles. The van der Waals surface area contributed by atoms with Crippen molar-refractivity contribution in [2.24, 2.45) is 0 Å². The molecule has 4 aromatic carbocycles. The largest absolute Gasteiger partial charge is 0.494 e. The van der Waals surface area contributed by atoms with Gasteiger partial charge in [-0.15, -0.1) is 0 Å². The number of fused-ring (bicyclic) bond motifs is 3. The molecule has 6 rings (SSSR count). The third kappa shape index (κ3) is 3.87. The van der Waals surface area contributed by atoms with Crippen molar-refractivity contribution in [2.75, 3.05) is 0 Å². The molecule has 0 aliphatic carbocycles. The van der Waals surface area contributed by atoms with E-state index >= 15 is 0 Å². The standard InChI is InChI=1S/C32H30BNO2/c1-31(2)32(3,4)36-33(35-31)25-19-15-23(16-20-25)13-14-24-17-21-26(22-18-24)34-29-11-7-5-9-27(29)28-10-6-8-12-30(28)34/h5-22H,1-4H3/b14-13+. The van der Waals surface area contributed by atoms with Crippen molar-refractivity contribution in [3.63, 3.8) is 0 Å². The average molecular weight is 471 g/mol. The molecule has 178 valence electrons. The third-order valence-corrected chi connectivity index (χ3v) is 7.66. The van der Waals surface area contributed by atoms with Gasteiger partial charge in [-0.3, -0.25) is 0 Å². The third-order valence-electron chi connectivity index (χ3n) is 7.66. The lowest BCUT2D eigenvalue weighted by Gasteiger charge is -2.32. The van der Waals surface area contributed by atoms with Crippen LogP contribution in [0.15, 0.2) is 97.1 Å². The molecular weight excluding hydrogens is 441 g/mol. The molecule has 0 radical (unpaired) electrons. The van der Waals surface area contributed by atoms with E-state index in [0.717, 1.165) is 22.3 Å². The smallest absolute Gasteiger partial charge is 0.399 e. The fourth-order valence-corrected chi connectivity index (χ4v) is 4.87. The summed E-state index contributed by atoms with van der Waals surface area (Å²) in [7, 11) is -0.332. The molecule has 0 amide bonds. The summed E-state index contributed by atoms with van der Waals surface area (Å²) in [6, 6.07) is 34.3. The van der Waals surface area contributed by atoms with Crippen molar-refractivity contribution in [3.8, 4) is 5.69 Å². The van der Waals surface area contributed by atoms with E-state index in [4.69, 9.17) is 9.31 Å². The lowest BCUT2D eigenvalue weighted by atomic mass is 9.79. The Bertz CT molecular complexity index is 1510. The predicted octanol–water partition coefficient (Wildman–Crippen LogP) is 7.25. The first-order chi connectivity index (χ1) is 17.3. The van der Waals surface area contributed by atoms with E-state index in [9.17, 15) is 0 Å². The second-order valence-electron chi connectivity index (χ2n) is 10.5. The summed E-state index contributed by atoms with van der Waals surface area (Å²) in [5.74, 6) is 0. The van der Waals surface area contributed by atoms with E-state index in [-0.39, 0.29) is 18.3 Å². The minimum atomic E-state index is -0.332. The van der Waals surface area contributed by atoms with Gasteiger partial charge in [0.05, 0.1) is 22.2 Å². The van der Waals surface area contributed by atoms with Crippen LogP contribution in [0.3, 0.4) is 0 Å². The quantitative estimate of drug-likeness (QED) is 0.204. The second kappa shape index (κ2) is 8.51. The van der Waals surface area contributed by atoms with E-state index < -0.39 is 0 Å². The van der Waals surface area contributed by atoms with E-state index in [0.29, 0.717) is 0 Å². The first-order valence-electron chi connectivity index (χ1n) is 12.5. The van der Waals surface area contributed by atoms with Crippen LogP contribution in [0, 0.1) is 0 Å². The van der Waals surface area contributed by atoms with Crippen molar-refractivity contribution in [2.45, 2.75) is 38.9 Å². The van der Waals surface area contributed by atoms with Crippen molar-refractivity contribution in [1.82, 2.24) is 4.57 Å². The fourth-order valence-electron chi connectivity index (χ4n) is 4.87. The minimum Gasteiger partial charge on any atom is -0.399 e. The number of rotatable bonds is 4. The van der Waals surface area contributed by atoms with Crippen molar-refractivity contribution in [3.05, 3.63) is 108 Å². The van der Waals surface area contributed by atoms with Gasteiger partial charge in [-0.2, -0.15) is 0 Å². The van der Waals surface area contributed by atoms with Crippen LogP contribution in [-0.2, 0) is 9.31 Å². The van der Waals surface area contributed by atoms with Gasteiger partial charge in [-0.25, -0.2) is 0 Å². The van der Waals surface area contributed by atoms with Crippen molar-refractivity contribution >= 4 is 46.5 Å². The minimum absolute atomic E-state index is 0.332. The lowest BCUT2D eigenvalue weighted by Crippen LogP contribution is -2.41. The summed E-state index contributed by atoms with van der Waals surface area (Å²) in [5.41, 5.74) is 6.30. The number of aromatic nitrogens is 1. The van der Waals surface area contributed by atoms with Gasteiger partial charge < -0.3 is 13.9 Å². The Morgan fingerprint density at radius 1 is 0.583 bits per heavy atom. The lowest BCUT2D eigenvalue weighted by molar-refractivity contribution is 0.00578. The highest BCUT2D eigenvalue weighted by Crippen LogP contribution is 2.36. The first-order valence-corrected chi connectivity index (χ1v) is 12.5. The van der Waals surface area contributed by atoms with Crippen LogP contribution in [0.5, 0.6) is 0 Å². The SMILES string of the molecule is CC1(C)OB(c2ccc(/C=C/c3ccc(-n4c5ccccc5c5ccccc54)cc3)cc2)OC1(C)C. The summed E-state index contributed by atoms with van der Waals surface area (Å²) in [4.78, 5) is 0. The molecule has 5 aromatic rings. The van der Waals surface area contributed by atoms with Gasteiger partial charge in [-0.05, 0) is 68.6 Å². The number of nitrogens with zero attached hydrogens (tertiary/aromatic N) is 1. The molecule has 36 heavy (non-hydrogen) atoms. The van der Waals surface area contributed by atoms with Crippen LogP contribution in [0.4, 0.5) is 0 Å². The maximum absolute atomic E-state index is 6.17. The summed E-state index contributed by atoms with van der Waals surface area (Å²) in [5, 5.41) is 2.56. The number of hydrogen-bond acceptors (Lipinski definition) is 2. The summed E-state index contributed by atoms with van der Waals surface area (Å²) in [6.45, 7) is 8.32. The van der Waals surface area contributed by atoms with Crippen LogP contribution >= 0.6 is 0 Å². The average Bonchev–Trinajstić information content (AvgIpc) is 3.33. The molecule has 1 aliphatic rings. The zero-order valence-electron chi connectivity index (χ0n) is 21.2. The van der Waals surface area contributed by atoms with Gasteiger partial charge in [0.25, 0.3) is 0 Å². The maximum atomic E-state index is 6.17. The van der Waals surface area contributed by atoms with Gasteiger partial charge in [-0.1, -0.05) is 84.9 Å². The van der Waals surface area contributed by atoms with Gasteiger partial charge in [0.2, 0.25) is 0 Å². The maximum Gasteiger partial charge on any atom is 0.494 e. The summed E-state index contributed by atoms with van der Waals surface area (Å²) in [6.07, 6.45) is 4.29. The van der Waals surface area contributed by atoms with E-state index in [1.165, 1.54) is 21.8 Å². The highest BCUT2D eigenvalue weighted by Gasteiger charge is 2.51. The zero-order valence-corrected chi connectivity index (χ0v) is 21.2. The number of benzene rings is 4. The van der Waals surface area contributed by atoms with Crippen molar-refractivity contribution in [1.29, 1.82) is 0 Å². The Morgan fingerprint density at radius 3 is 1.53 bits per heavy atom. The number of para-hydroxylation sites is 2. The van der Waals surface area contributed by atoms with Crippen LogP contribution in [0.2, 0.25) is 0 Å². The monoisotopic (exact) mass is 471 g/mol. The molecule has 0 bridgehead atoms. The molecule has 0 unspecified atom stereocenters. The van der Waals surface area contributed by atoms with Crippen molar-refractivity contribution < 1.29 is 9.31 Å². The van der Waals surface area contributed by atoms with E-state index in [1.54, 1.807) is 0 Å². The summed E-state index contributed by atoms with van der Waals surface area (Å²) >= 11 is 0. The van der Waals surface area contributed by atoms with Crippen LogP contribution in [0.1, 0.15) is 38.8 Å². The molecule has 0 spiro atoms. The number of hydrogen-bond donors (Lipinski definition) is 0. The molecular formula is C32H30BNO2. The zero-order chi connectivity index (χ0) is 24.9. The fraction of sp³-hybridized carbons (Fsp3) is 0.188. The van der Waals surface area contributed by atoms with Crippen LogP contribution in [0.25, 0.3) is 39.6 Å². The van der Waals surface area contributed by atoms with Crippen LogP contribution < -0.4 is 5.46 Å². The van der Waals surface area contributed by atoms with E-state index in [1.807, 2.05) is 0 Å².